The van der Waals surface area contributed by atoms with Crippen molar-refractivity contribution >= 4 is 22.9 Å². The van der Waals surface area contributed by atoms with Crippen LogP contribution in [-0.4, -0.2) is 41.9 Å². The molecule has 0 saturated heterocycles. The first kappa shape index (κ1) is 19.5. The number of anilines is 3. The van der Waals surface area contributed by atoms with Crippen LogP contribution in [0.25, 0.3) is 0 Å². The summed E-state index contributed by atoms with van der Waals surface area (Å²) in [6.45, 7) is 0.144. The molecule has 26 heavy (non-hydrogen) atoms. The van der Waals surface area contributed by atoms with Crippen LogP contribution in [0.4, 0.5) is 30.4 Å². The number of pyridine rings is 1. The lowest BCUT2D eigenvalue weighted by atomic mass is 10.1. The van der Waals surface area contributed by atoms with Crippen LogP contribution in [0.2, 0.25) is 0 Å². The van der Waals surface area contributed by atoms with Crippen LogP contribution >= 0.6 is 0 Å². The Morgan fingerprint density at radius 2 is 1.92 bits per heavy atom. The lowest BCUT2D eigenvalue weighted by Crippen LogP contribution is -2.19. The summed E-state index contributed by atoms with van der Waals surface area (Å²) in [5.41, 5.74) is 7.10. The van der Waals surface area contributed by atoms with Gasteiger partial charge in [-0.15, -0.1) is 13.2 Å². The number of aliphatic hydroxyl groups excluding tert-OH is 1. The molecule has 10 heteroatoms. The Morgan fingerprint density at radius 1 is 1.23 bits per heavy atom. The predicted molar refractivity (Wildman–Crippen MR) is 92.1 cm³/mol. The summed E-state index contributed by atoms with van der Waals surface area (Å²) in [5.74, 6) is -0.0304. The molecule has 0 aliphatic rings. The summed E-state index contributed by atoms with van der Waals surface area (Å²) in [7, 11) is 0. The molecule has 0 fully saturated rings. The number of nitrogens with two attached hydrogens (primary N) is 1. The summed E-state index contributed by atoms with van der Waals surface area (Å²) < 4.78 is 40.4. The number of rotatable bonds is 8. The lowest BCUT2D eigenvalue weighted by molar-refractivity contribution is -0.274. The minimum Gasteiger partial charge on any atom is -0.406 e. The second kappa shape index (κ2) is 8.50. The highest BCUT2D eigenvalue weighted by atomic mass is 19.4. The van der Waals surface area contributed by atoms with Crippen molar-refractivity contribution in [2.75, 3.05) is 30.3 Å². The van der Waals surface area contributed by atoms with Gasteiger partial charge in [-0.2, -0.15) is 0 Å². The highest BCUT2D eigenvalue weighted by molar-refractivity contribution is 6.08. The van der Waals surface area contributed by atoms with Crippen LogP contribution in [0.15, 0.2) is 36.5 Å². The van der Waals surface area contributed by atoms with E-state index in [1.54, 1.807) is 6.07 Å². The van der Waals surface area contributed by atoms with E-state index in [-0.39, 0.29) is 31.2 Å². The first-order valence-corrected chi connectivity index (χ1v) is 7.58. The third kappa shape index (κ3) is 5.33. The highest BCUT2D eigenvalue weighted by Crippen LogP contribution is 2.28. The van der Waals surface area contributed by atoms with Crippen LogP contribution in [0.3, 0.4) is 0 Å². The number of nitrogens with one attached hydrogen (secondary N) is 3. The molecule has 1 heterocycles. The molecule has 0 aliphatic heterocycles. The molecule has 0 radical (unpaired) electrons. The Hall–Kier alpha value is -2.85. The van der Waals surface area contributed by atoms with Crippen molar-refractivity contribution in [1.29, 1.82) is 5.41 Å². The van der Waals surface area contributed by atoms with Gasteiger partial charge in [-0.25, -0.2) is 4.98 Å². The van der Waals surface area contributed by atoms with Gasteiger partial charge in [-0.1, -0.05) is 0 Å². The monoisotopic (exact) mass is 369 g/mol. The number of aromatic nitrogens is 1. The summed E-state index contributed by atoms with van der Waals surface area (Å²) >= 11 is 0. The smallest absolute Gasteiger partial charge is 0.406 e. The Balaban J connectivity index is 2.26. The van der Waals surface area contributed by atoms with Crippen molar-refractivity contribution < 1.29 is 23.0 Å². The Labute approximate surface area is 147 Å². The fourth-order valence-corrected chi connectivity index (χ4v) is 2.18. The van der Waals surface area contributed by atoms with Crippen LogP contribution in [-0.2, 0) is 0 Å². The van der Waals surface area contributed by atoms with Gasteiger partial charge in [-0.05, 0) is 30.3 Å². The van der Waals surface area contributed by atoms with Gasteiger partial charge in [0.2, 0.25) is 0 Å². The van der Waals surface area contributed by atoms with Gasteiger partial charge in [0.25, 0.3) is 0 Å². The molecule has 6 N–H and O–H groups in total. The normalized spacial score (nSPS) is 11.1. The fraction of sp³-hybridized carbons (Fsp3) is 0.250. The summed E-state index contributed by atoms with van der Waals surface area (Å²) in [6, 6.07) is 6.76. The van der Waals surface area contributed by atoms with Gasteiger partial charge in [0, 0.05) is 30.7 Å². The molecule has 2 rings (SSSR count). The van der Waals surface area contributed by atoms with E-state index < -0.39 is 6.36 Å². The van der Waals surface area contributed by atoms with Crippen molar-refractivity contribution in [1.82, 2.24) is 4.98 Å². The zero-order chi connectivity index (χ0) is 19.2. The number of halogens is 3. The molecule has 0 aliphatic carbocycles. The van der Waals surface area contributed by atoms with E-state index in [4.69, 9.17) is 16.2 Å². The summed E-state index contributed by atoms with van der Waals surface area (Å²) in [6.07, 6.45) is -3.26. The Kier molecular flexibility index (Phi) is 6.36. The molecule has 7 nitrogen and oxygen atoms in total. The zero-order valence-corrected chi connectivity index (χ0v) is 13.6. The average Bonchev–Trinajstić information content (AvgIpc) is 2.60. The molecule has 1 aromatic carbocycles. The number of nitrogens with zero attached hydrogens (tertiary/aromatic N) is 1. The van der Waals surface area contributed by atoms with E-state index in [1.165, 1.54) is 18.3 Å². The first-order chi connectivity index (χ1) is 12.3. The van der Waals surface area contributed by atoms with Gasteiger partial charge in [-0.3, -0.25) is 0 Å². The van der Waals surface area contributed by atoms with E-state index in [2.05, 4.69) is 20.4 Å². The van der Waals surface area contributed by atoms with Crippen LogP contribution in [0.1, 0.15) is 5.56 Å². The molecule has 1 aromatic heterocycles. The zero-order valence-electron chi connectivity index (χ0n) is 13.6. The maximum atomic E-state index is 12.2. The molecule has 2 aromatic rings. The Bertz CT molecular complexity index is 751. The third-order valence-corrected chi connectivity index (χ3v) is 3.23. The van der Waals surface area contributed by atoms with Gasteiger partial charge in [0.1, 0.15) is 11.6 Å². The van der Waals surface area contributed by atoms with Gasteiger partial charge in [0.15, 0.2) is 0 Å². The quantitative estimate of drug-likeness (QED) is 0.457. The number of hydrogen-bond donors (Lipinski definition) is 5. The molecule has 0 bridgehead atoms. The number of ether oxygens (including phenoxy) is 1. The predicted octanol–water partition coefficient (Wildman–Crippen LogP) is 2.45. The summed E-state index contributed by atoms with van der Waals surface area (Å²) in [4.78, 5) is 4.17. The van der Waals surface area contributed by atoms with Crippen molar-refractivity contribution in [2.45, 2.75) is 6.36 Å². The molecule has 0 spiro atoms. The standard InChI is InChI=1S/C16H18F3N5O2/c17-16(18,19)26-11-3-1-10(2-4-11)24-15-14(12(21)9-20)13(5-6-23-15)22-7-8-25/h1-6,21,25H,7-9,20H2,(H2,22,23,24). The minimum atomic E-state index is -4.76. The van der Waals surface area contributed by atoms with Crippen LogP contribution in [0.5, 0.6) is 5.75 Å². The van der Waals surface area contributed by atoms with Gasteiger partial charge >= 0.3 is 6.36 Å². The molecule has 140 valence electrons. The number of alkyl halides is 3. The second-order valence-electron chi connectivity index (χ2n) is 5.11. The number of hydrogen-bond acceptors (Lipinski definition) is 7. The third-order valence-electron chi connectivity index (χ3n) is 3.23. The largest absolute Gasteiger partial charge is 0.573 e. The molecule has 0 saturated carbocycles. The minimum absolute atomic E-state index is 0.0352. The van der Waals surface area contributed by atoms with Gasteiger partial charge in [0.05, 0.1) is 17.9 Å². The van der Waals surface area contributed by atoms with Crippen molar-refractivity contribution in [3.8, 4) is 5.75 Å². The van der Waals surface area contributed by atoms with E-state index in [0.717, 1.165) is 12.1 Å². The van der Waals surface area contributed by atoms with Crippen LogP contribution < -0.4 is 21.1 Å². The fourth-order valence-electron chi connectivity index (χ4n) is 2.18. The molecule has 0 amide bonds. The molecule has 0 unspecified atom stereocenters. The Morgan fingerprint density at radius 3 is 2.50 bits per heavy atom. The maximum Gasteiger partial charge on any atom is 0.573 e. The summed E-state index contributed by atoms with van der Waals surface area (Å²) in [5, 5.41) is 22.9. The highest BCUT2D eigenvalue weighted by Gasteiger charge is 2.30. The van der Waals surface area contributed by atoms with Gasteiger partial charge < -0.3 is 31.6 Å². The SMILES string of the molecule is N=C(CN)c1c(NCCO)ccnc1Nc1ccc(OC(F)(F)F)cc1. The number of benzene rings is 1. The second-order valence-corrected chi connectivity index (χ2v) is 5.11. The molecule has 0 atom stereocenters. The van der Waals surface area contributed by atoms with E-state index >= 15 is 0 Å². The van der Waals surface area contributed by atoms with Crippen LogP contribution in [0, 0.1) is 5.41 Å². The maximum absolute atomic E-state index is 12.2. The van der Waals surface area contributed by atoms with Crippen molar-refractivity contribution in [2.24, 2.45) is 5.73 Å². The lowest BCUT2D eigenvalue weighted by Gasteiger charge is -2.16. The topological polar surface area (TPSA) is 116 Å². The van der Waals surface area contributed by atoms with Crippen molar-refractivity contribution in [3.63, 3.8) is 0 Å². The average molecular weight is 369 g/mol. The molecular formula is C16H18F3N5O2. The van der Waals surface area contributed by atoms with E-state index in [1.807, 2.05) is 0 Å². The number of aliphatic hydroxyl groups is 1. The van der Waals surface area contributed by atoms with Crippen molar-refractivity contribution in [3.05, 3.63) is 42.1 Å². The molecular weight excluding hydrogens is 351 g/mol. The van der Waals surface area contributed by atoms with E-state index in [0.29, 0.717) is 22.8 Å². The van der Waals surface area contributed by atoms with E-state index in [9.17, 15) is 13.2 Å². The first-order valence-electron chi connectivity index (χ1n) is 7.58.